The number of hydrogen-bond acceptors (Lipinski definition) is 6. The number of nitro groups is 1. The van der Waals surface area contributed by atoms with Crippen LogP contribution in [0, 0.1) is 10.1 Å². The first-order valence-electron chi connectivity index (χ1n) is 5.63. The van der Waals surface area contributed by atoms with Crippen LogP contribution in [0.3, 0.4) is 0 Å². The molecule has 0 amide bonds. The van der Waals surface area contributed by atoms with Gasteiger partial charge in [0.15, 0.2) is 16.7 Å². The molecule has 1 N–H and O–H groups in total. The zero-order valence-electron chi connectivity index (χ0n) is 10.5. The van der Waals surface area contributed by atoms with Crippen molar-refractivity contribution >= 4 is 23.1 Å². The summed E-state index contributed by atoms with van der Waals surface area (Å²) in [6, 6.07) is 6.32. The molecule has 7 nitrogen and oxygen atoms in total. The highest BCUT2D eigenvalue weighted by Crippen LogP contribution is 2.28. The second-order valence-electron chi connectivity index (χ2n) is 3.83. The number of nitrogens with one attached hydrogen (secondary N) is 1. The van der Waals surface area contributed by atoms with Crippen LogP contribution in [-0.2, 0) is 6.54 Å². The maximum atomic E-state index is 10.7. The van der Waals surface area contributed by atoms with E-state index in [1.165, 1.54) is 25.6 Å². The van der Waals surface area contributed by atoms with Crippen LogP contribution in [0.1, 0.15) is 5.56 Å². The highest BCUT2D eigenvalue weighted by molar-refractivity contribution is 6.31. The van der Waals surface area contributed by atoms with Gasteiger partial charge in [-0.3, -0.25) is 10.1 Å². The molecule has 2 rings (SSSR count). The molecule has 20 heavy (non-hydrogen) atoms. The number of rotatable bonds is 5. The Kier molecular flexibility index (Phi) is 4.31. The van der Waals surface area contributed by atoms with Crippen molar-refractivity contribution in [3.8, 4) is 5.75 Å². The molecule has 0 bridgehead atoms. The molecule has 0 fully saturated rings. The van der Waals surface area contributed by atoms with E-state index in [9.17, 15) is 10.1 Å². The molecule has 0 atom stereocenters. The van der Waals surface area contributed by atoms with E-state index in [0.29, 0.717) is 18.1 Å². The first-order valence-corrected chi connectivity index (χ1v) is 6.01. The summed E-state index contributed by atoms with van der Waals surface area (Å²) >= 11 is 5.87. The largest absolute Gasteiger partial charge is 0.490 e. The van der Waals surface area contributed by atoms with Crippen LogP contribution in [0.5, 0.6) is 5.75 Å². The van der Waals surface area contributed by atoms with Gasteiger partial charge in [0.2, 0.25) is 0 Å². The third kappa shape index (κ3) is 3.12. The van der Waals surface area contributed by atoms with Crippen LogP contribution in [0.4, 0.5) is 11.5 Å². The minimum Gasteiger partial charge on any atom is -0.490 e. The van der Waals surface area contributed by atoms with E-state index in [2.05, 4.69) is 15.3 Å². The van der Waals surface area contributed by atoms with Gasteiger partial charge < -0.3 is 10.1 Å². The van der Waals surface area contributed by atoms with E-state index < -0.39 is 4.92 Å². The molecule has 2 aromatic rings. The number of benzene rings is 1. The summed E-state index contributed by atoms with van der Waals surface area (Å²) in [7, 11) is 1.46. The summed E-state index contributed by atoms with van der Waals surface area (Å²) in [5.74, 6) is 0.763. The second kappa shape index (κ2) is 6.16. The Morgan fingerprint density at radius 3 is 2.95 bits per heavy atom. The molecule has 0 aliphatic rings. The normalized spacial score (nSPS) is 10.1. The number of methoxy groups -OCH3 is 1. The number of nitrogens with zero attached hydrogens (tertiary/aromatic N) is 3. The third-order valence-electron chi connectivity index (χ3n) is 2.55. The maximum Gasteiger partial charge on any atom is 0.269 e. The monoisotopic (exact) mass is 294 g/mol. The smallest absolute Gasteiger partial charge is 0.269 e. The molecule has 0 radical (unpaired) electrons. The van der Waals surface area contributed by atoms with Gasteiger partial charge in [0.25, 0.3) is 5.69 Å². The van der Waals surface area contributed by atoms with E-state index in [4.69, 9.17) is 16.3 Å². The minimum atomic E-state index is -0.439. The summed E-state index contributed by atoms with van der Waals surface area (Å²) in [6.45, 7) is 0.353. The topological polar surface area (TPSA) is 90.2 Å². The molecular weight excluding hydrogens is 284 g/mol. The van der Waals surface area contributed by atoms with Crippen molar-refractivity contribution in [2.45, 2.75) is 6.54 Å². The molecule has 104 valence electrons. The van der Waals surface area contributed by atoms with E-state index in [1.54, 1.807) is 12.1 Å². The van der Waals surface area contributed by atoms with Gasteiger partial charge >= 0.3 is 0 Å². The number of non-ortho nitro benzene ring substituents is 1. The number of hydrogen-bond donors (Lipinski definition) is 1. The zero-order valence-corrected chi connectivity index (χ0v) is 11.3. The van der Waals surface area contributed by atoms with Gasteiger partial charge in [-0.15, -0.1) is 0 Å². The standard InChI is InChI=1S/C12H11ClN4O3/c1-20-10-11(13)15-7-16-12(10)14-6-8-3-2-4-9(5-8)17(18)19/h2-5,7H,6H2,1H3,(H,14,15,16). The average Bonchev–Trinajstić information content (AvgIpc) is 2.45. The lowest BCUT2D eigenvalue weighted by Gasteiger charge is -2.10. The number of ether oxygens (including phenoxy) is 1. The molecule has 0 saturated heterocycles. The summed E-state index contributed by atoms with van der Waals surface area (Å²) in [4.78, 5) is 18.1. The van der Waals surface area contributed by atoms with Crippen molar-refractivity contribution in [2.75, 3.05) is 12.4 Å². The summed E-state index contributed by atoms with van der Waals surface area (Å²) in [5.41, 5.74) is 0.785. The molecule has 1 aromatic heterocycles. The Balaban J connectivity index is 2.15. The van der Waals surface area contributed by atoms with E-state index in [0.717, 1.165) is 5.56 Å². The van der Waals surface area contributed by atoms with E-state index >= 15 is 0 Å². The van der Waals surface area contributed by atoms with Crippen molar-refractivity contribution in [3.63, 3.8) is 0 Å². The van der Waals surface area contributed by atoms with E-state index in [-0.39, 0.29) is 10.8 Å². The third-order valence-corrected chi connectivity index (χ3v) is 2.82. The summed E-state index contributed by atoms with van der Waals surface area (Å²) in [5, 5.41) is 13.9. The van der Waals surface area contributed by atoms with Crippen LogP contribution in [0.15, 0.2) is 30.6 Å². The summed E-state index contributed by atoms with van der Waals surface area (Å²) in [6.07, 6.45) is 1.31. The first-order chi connectivity index (χ1) is 9.61. The van der Waals surface area contributed by atoms with Gasteiger partial charge in [0.1, 0.15) is 6.33 Å². The Bertz CT molecular complexity index is 636. The van der Waals surface area contributed by atoms with Crippen molar-refractivity contribution in [3.05, 3.63) is 51.4 Å². The Labute approximate surface area is 119 Å². The second-order valence-corrected chi connectivity index (χ2v) is 4.18. The molecule has 1 aromatic carbocycles. The number of aromatic nitrogens is 2. The van der Waals surface area contributed by atoms with Gasteiger partial charge in [0, 0.05) is 18.7 Å². The molecule has 0 spiro atoms. The van der Waals surface area contributed by atoms with Crippen LogP contribution in [0.2, 0.25) is 5.15 Å². The van der Waals surface area contributed by atoms with Crippen LogP contribution >= 0.6 is 11.6 Å². The molecule has 0 saturated carbocycles. The van der Waals surface area contributed by atoms with Crippen molar-refractivity contribution < 1.29 is 9.66 Å². The van der Waals surface area contributed by atoms with Crippen molar-refractivity contribution in [1.29, 1.82) is 0 Å². The van der Waals surface area contributed by atoms with Crippen LogP contribution < -0.4 is 10.1 Å². The quantitative estimate of drug-likeness (QED) is 0.518. The van der Waals surface area contributed by atoms with Gasteiger partial charge in [-0.05, 0) is 5.56 Å². The van der Waals surface area contributed by atoms with Gasteiger partial charge in [-0.1, -0.05) is 23.7 Å². The number of halogens is 1. The predicted octanol–water partition coefficient (Wildman–Crippen LogP) is 2.66. The highest BCUT2D eigenvalue weighted by atomic mass is 35.5. The first kappa shape index (κ1) is 14.0. The Morgan fingerprint density at radius 2 is 2.25 bits per heavy atom. The highest BCUT2D eigenvalue weighted by Gasteiger charge is 2.10. The molecule has 0 aliphatic heterocycles. The van der Waals surface area contributed by atoms with Crippen molar-refractivity contribution in [2.24, 2.45) is 0 Å². The Hall–Kier alpha value is -2.41. The van der Waals surface area contributed by atoms with Gasteiger partial charge in [-0.2, -0.15) is 0 Å². The van der Waals surface area contributed by atoms with Crippen LogP contribution in [-0.4, -0.2) is 22.0 Å². The SMILES string of the molecule is COc1c(Cl)ncnc1NCc1cccc([N+](=O)[O-])c1. The van der Waals surface area contributed by atoms with Crippen LogP contribution in [0.25, 0.3) is 0 Å². The molecule has 0 aliphatic carbocycles. The minimum absolute atomic E-state index is 0.0389. The lowest BCUT2D eigenvalue weighted by molar-refractivity contribution is -0.384. The lowest BCUT2D eigenvalue weighted by atomic mass is 10.2. The molecule has 8 heteroatoms. The maximum absolute atomic E-state index is 10.7. The van der Waals surface area contributed by atoms with Gasteiger partial charge in [-0.25, -0.2) is 9.97 Å². The fourth-order valence-electron chi connectivity index (χ4n) is 1.62. The zero-order chi connectivity index (χ0) is 14.5. The lowest BCUT2D eigenvalue weighted by Crippen LogP contribution is -2.04. The van der Waals surface area contributed by atoms with Crippen molar-refractivity contribution in [1.82, 2.24) is 9.97 Å². The summed E-state index contributed by atoms with van der Waals surface area (Å²) < 4.78 is 5.10. The molecule has 1 heterocycles. The number of anilines is 1. The fraction of sp³-hybridized carbons (Fsp3) is 0.167. The number of nitro benzene ring substituents is 1. The predicted molar refractivity (Wildman–Crippen MR) is 74.0 cm³/mol. The molecule has 0 unspecified atom stereocenters. The van der Waals surface area contributed by atoms with Gasteiger partial charge in [0.05, 0.1) is 12.0 Å². The Morgan fingerprint density at radius 1 is 1.45 bits per heavy atom. The van der Waals surface area contributed by atoms with E-state index in [1.807, 2.05) is 0 Å². The average molecular weight is 295 g/mol. The molecular formula is C12H11ClN4O3. The fourth-order valence-corrected chi connectivity index (χ4v) is 1.84.